The largest absolute Gasteiger partial charge is 0.457 e. The van der Waals surface area contributed by atoms with Crippen LogP contribution in [0.1, 0.15) is 46.5 Å². The molecular formula is C22H23N3O4S. The molecule has 7 nitrogen and oxygen atoms in total. The molecule has 30 heavy (non-hydrogen) atoms. The number of nitrogens with one attached hydrogen (secondary N) is 1. The van der Waals surface area contributed by atoms with Gasteiger partial charge in [0, 0.05) is 6.04 Å². The molecule has 0 radical (unpaired) electrons. The summed E-state index contributed by atoms with van der Waals surface area (Å²) in [6.45, 7) is 1.79. The number of esters is 1. The normalized spacial score (nSPS) is 14.2. The van der Waals surface area contributed by atoms with Gasteiger partial charge in [0.25, 0.3) is 5.56 Å². The molecule has 2 aromatic heterocycles. The highest BCUT2D eigenvalue weighted by molar-refractivity contribution is 7.20. The van der Waals surface area contributed by atoms with E-state index < -0.39 is 5.97 Å². The van der Waals surface area contributed by atoms with Crippen molar-refractivity contribution in [3.63, 3.8) is 0 Å². The molecule has 1 N–H and O–H groups in total. The minimum Gasteiger partial charge on any atom is -0.457 e. The molecule has 0 spiro atoms. The maximum absolute atomic E-state index is 12.9. The monoisotopic (exact) mass is 425 g/mol. The number of aromatic nitrogens is 2. The lowest BCUT2D eigenvalue weighted by Crippen LogP contribution is -2.37. The minimum atomic E-state index is -0.482. The fourth-order valence-corrected chi connectivity index (χ4v) is 4.79. The molecule has 0 aliphatic heterocycles. The Morgan fingerprint density at radius 3 is 2.70 bits per heavy atom. The van der Waals surface area contributed by atoms with Crippen molar-refractivity contribution in [1.29, 1.82) is 0 Å². The maximum atomic E-state index is 12.9. The molecular weight excluding hydrogens is 402 g/mol. The zero-order valence-corrected chi connectivity index (χ0v) is 17.5. The Bertz CT molecular complexity index is 1130. The molecule has 1 saturated carbocycles. The van der Waals surface area contributed by atoms with E-state index in [4.69, 9.17) is 4.74 Å². The zero-order chi connectivity index (χ0) is 21.1. The molecule has 1 amide bonds. The number of fused-ring (bicyclic) bond motifs is 1. The van der Waals surface area contributed by atoms with Gasteiger partial charge >= 0.3 is 5.97 Å². The summed E-state index contributed by atoms with van der Waals surface area (Å²) in [4.78, 5) is 42.9. The predicted molar refractivity (Wildman–Crippen MR) is 115 cm³/mol. The van der Waals surface area contributed by atoms with Gasteiger partial charge in [0.05, 0.1) is 11.7 Å². The summed E-state index contributed by atoms with van der Waals surface area (Å²) in [6.07, 6.45) is 5.57. The van der Waals surface area contributed by atoms with E-state index in [2.05, 4.69) is 10.3 Å². The Balaban J connectivity index is 1.51. The molecule has 2 heterocycles. The molecule has 4 rings (SSSR count). The Labute approximate surface area is 177 Å². The van der Waals surface area contributed by atoms with Crippen LogP contribution in [0.4, 0.5) is 0 Å². The third-order valence-corrected chi connectivity index (χ3v) is 6.53. The number of amides is 1. The predicted octanol–water partition coefficient (Wildman–Crippen LogP) is 3.18. The van der Waals surface area contributed by atoms with Gasteiger partial charge in [-0.25, -0.2) is 9.78 Å². The van der Waals surface area contributed by atoms with Gasteiger partial charge in [-0.1, -0.05) is 43.2 Å². The molecule has 0 unspecified atom stereocenters. The molecule has 0 saturated heterocycles. The van der Waals surface area contributed by atoms with E-state index in [1.807, 2.05) is 30.3 Å². The molecule has 3 aromatic rings. The minimum absolute atomic E-state index is 0.0820. The quantitative estimate of drug-likeness (QED) is 0.613. The summed E-state index contributed by atoms with van der Waals surface area (Å²) >= 11 is 1.14. The highest BCUT2D eigenvalue weighted by Gasteiger charge is 2.22. The van der Waals surface area contributed by atoms with Gasteiger partial charge in [0.2, 0.25) is 5.91 Å². The van der Waals surface area contributed by atoms with Gasteiger partial charge < -0.3 is 10.1 Å². The van der Waals surface area contributed by atoms with Crippen LogP contribution in [-0.2, 0) is 22.7 Å². The standard InChI is InChI=1S/C22H23N3O4S/c1-14-18-20(30-19(14)22(28)29-12-15-7-3-2-4-8-15)23-13-25(21(18)27)11-17(26)24-16-9-5-6-10-16/h2-4,7-8,13,16H,5-6,9-12H2,1H3,(H,24,26). The van der Waals surface area contributed by atoms with E-state index in [9.17, 15) is 14.4 Å². The van der Waals surface area contributed by atoms with E-state index in [1.54, 1.807) is 6.92 Å². The summed E-state index contributed by atoms with van der Waals surface area (Å²) in [6, 6.07) is 9.60. The first-order valence-corrected chi connectivity index (χ1v) is 10.8. The Hall–Kier alpha value is -3.00. The van der Waals surface area contributed by atoms with Crippen molar-refractivity contribution in [3.8, 4) is 0 Å². The second kappa shape index (κ2) is 8.79. The van der Waals surface area contributed by atoms with Crippen molar-refractivity contribution in [2.24, 2.45) is 0 Å². The van der Waals surface area contributed by atoms with Gasteiger partial charge in [-0.15, -0.1) is 11.3 Å². The van der Waals surface area contributed by atoms with Crippen LogP contribution in [0, 0.1) is 6.92 Å². The van der Waals surface area contributed by atoms with Gasteiger partial charge in [0.1, 0.15) is 22.9 Å². The second-order valence-electron chi connectivity index (χ2n) is 7.52. The van der Waals surface area contributed by atoms with E-state index in [1.165, 1.54) is 10.9 Å². The van der Waals surface area contributed by atoms with Crippen LogP contribution < -0.4 is 10.9 Å². The lowest BCUT2D eigenvalue weighted by atomic mass is 10.2. The Morgan fingerprint density at radius 1 is 1.23 bits per heavy atom. The molecule has 156 valence electrons. The number of ether oxygens (including phenoxy) is 1. The fraction of sp³-hybridized carbons (Fsp3) is 0.364. The number of carbonyl (C=O) groups is 2. The number of thiophene rings is 1. The topological polar surface area (TPSA) is 90.3 Å². The number of aryl methyl sites for hydroxylation is 1. The number of hydrogen-bond donors (Lipinski definition) is 1. The molecule has 1 aliphatic carbocycles. The van der Waals surface area contributed by atoms with Crippen LogP contribution in [0.2, 0.25) is 0 Å². The first-order chi connectivity index (χ1) is 14.5. The van der Waals surface area contributed by atoms with Gasteiger partial charge in [-0.3, -0.25) is 14.2 Å². The van der Waals surface area contributed by atoms with Crippen molar-refractivity contribution in [2.75, 3.05) is 0 Å². The summed E-state index contributed by atoms with van der Waals surface area (Å²) in [5, 5.41) is 3.34. The van der Waals surface area contributed by atoms with E-state index >= 15 is 0 Å². The van der Waals surface area contributed by atoms with Crippen LogP contribution in [0.3, 0.4) is 0 Å². The number of benzene rings is 1. The summed E-state index contributed by atoms with van der Waals surface area (Å²) < 4.78 is 6.70. The molecule has 1 aliphatic rings. The van der Waals surface area contributed by atoms with Crippen LogP contribution in [0.15, 0.2) is 41.5 Å². The third-order valence-electron chi connectivity index (χ3n) is 5.35. The van der Waals surface area contributed by atoms with E-state index in [0.717, 1.165) is 42.6 Å². The van der Waals surface area contributed by atoms with Crippen molar-refractivity contribution in [1.82, 2.24) is 14.9 Å². The molecule has 1 fully saturated rings. The first-order valence-electron chi connectivity index (χ1n) is 10.0. The van der Waals surface area contributed by atoms with Crippen molar-refractivity contribution >= 4 is 33.4 Å². The molecule has 1 aromatic carbocycles. The van der Waals surface area contributed by atoms with Gasteiger partial charge in [0.15, 0.2) is 0 Å². The third kappa shape index (κ3) is 4.28. The number of nitrogens with zero attached hydrogens (tertiary/aromatic N) is 2. The van der Waals surface area contributed by atoms with Crippen LogP contribution in [-0.4, -0.2) is 27.5 Å². The molecule has 0 bridgehead atoms. The Kier molecular flexibility index (Phi) is 5.94. The second-order valence-corrected chi connectivity index (χ2v) is 8.52. The van der Waals surface area contributed by atoms with Crippen molar-refractivity contribution < 1.29 is 14.3 Å². The van der Waals surface area contributed by atoms with Crippen LogP contribution in [0.25, 0.3) is 10.2 Å². The lowest BCUT2D eigenvalue weighted by molar-refractivity contribution is -0.122. The van der Waals surface area contributed by atoms with Gasteiger partial charge in [-0.2, -0.15) is 0 Å². The average Bonchev–Trinajstić information content (AvgIpc) is 3.37. The van der Waals surface area contributed by atoms with Crippen molar-refractivity contribution in [2.45, 2.75) is 51.8 Å². The lowest BCUT2D eigenvalue weighted by Gasteiger charge is -2.12. The average molecular weight is 426 g/mol. The van der Waals surface area contributed by atoms with Crippen LogP contribution >= 0.6 is 11.3 Å². The number of carbonyl (C=O) groups excluding carboxylic acids is 2. The summed E-state index contributed by atoms with van der Waals surface area (Å²) in [7, 11) is 0. The molecule has 0 atom stereocenters. The smallest absolute Gasteiger partial charge is 0.349 e. The molecule has 8 heteroatoms. The van der Waals surface area contributed by atoms with Crippen molar-refractivity contribution in [3.05, 3.63) is 63.0 Å². The van der Waals surface area contributed by atoms with E-state index in [0.29, 0.717) is 20.7 Å². The highest BCUT2D eigenvalue weighted by Crippen LogP contribution is 2.27. The fourth-order valence-electron chi connectivity index (χ4n) is 3.75. The summed E-state index contributed by atoms with van der Waals surface area (Å²) in [5.74, 6) is -0.676. The van der Waals surface area contributed by atoms with Crippen LogP contribution in [0.5, 0.6) is 0 Å². The first kappa shape index (κ1) is 20.3. The Morgan fingerprint density at radius 2 is 1.97 bits per heavy atom. The highest BCUT2D eigenvalue weighted by atomic mass is 32.1. The zero-order valence-electron chi connectivity index (χ0n) is 16.7. The van der Waals surface area contributed by atoms with Gasteiger partial charge in [-0.05, 0) is 30.9 Å². The SMILES string of the molecule is Cc1c(C(=O)OCc2ccccc2)sc2ncn(CC(=O)NC3CCCC3)c(=O)c12. The maximum Gasteiger partial charge on any atom is 0.349 e. The summed E-state index contributed by atoms with van der Waals surface area (Å²) in [5.41, 5.74) is 1.10. The number of rotatable bonds is 6. The van der Waals surface area contributed by atoms with E-state index in [-0.39, 0.29) is 30.7 Å². The number of hydrogen-bond acceptors (Lipinski definition) is 6.